The van der Waals surface area contributed by atoms with Gasteiger partial charge >= 0.3 is 5.97 Å². The second-order valence-corrected chi connectivity index (χ2v) is 11.2. The number of benzene rings is 2. The van der Waals surface area contributed by atoms with E-state index in [4.69, 9.17) is 9.47 Å². The molecule has 1 aliphatic rings. The Kier molecular flexibility index (Phi) is 8.00. The summed E-state index contributed by atoms with van der Waals surface area (Å²) in [5, 5.41) is 13.6. The Labute approximate surface area is 216 Å². The highest BCUT2D eigenvalue weighted by Gasteiger charge is 2.27. The van der Waals surface area contributed by atoms with Crippen molar-refractivity contribution in [3.8, 4) is 5.75 Å². The summed E-state index contributed by atoms with van der Waals surface area (Å²) in [6.45, 7) is 0.155. The van der Waals surface area contributed by atoms with Gasteiger partial charge < -0.3 is 9.47 Å². The number of methoxy groups -OCH3 is 1. The summed E-state index contributed by atoms with van der Waals surface area (Å²) in [5.41, 5.74) is 0.241. The maximum absolute atomic E-state index is 13.1. The van der Waals surface area contributed by atoms with Crippen LogP contribution in [-0.2, 0) is 19.6 Å². The van der Waals surface area contributed by atoms with E-state index in [9.17, 15) is 28.1 Å². The second kappa shape index (κ2) is 11.2. The number of thiazole rings is 1. The van der Waals surface area contributed by atoms with Crippen molar-refractivity contribution >= 4 is 54.3 Å². The number of amides is 1. The van der Waals surface area contributed by atoms with E-state index >= 15 is 0 Å². The van der Waals surface area contributed by atoms with Crippen molar-refractivity contribution in [1.29, 1.82) is 0 Å². The van der Waals surface area contributed by atoms with Gasteiger partial charge in [-0.3, -0.25) is 20.2 Å². The average molecular weight is 549 g/mol. The number of esters is 1. The molecule has 0 aliphatic carbocycles. The first kappa shape index (κ1) is 26.4. The number of nitro groups is 1. The lowest BCUT2D eigenvalue weighted by molar-refractivity contribution is -0.384. The highest BCUT2D eigenvalue weighted by molar-refractivity contribution is 7.89. The van der Waals surface area contributed by atoms with Gasteiger partial charge in [0.05, 0.1) is 27.1 Å². The zero-order valence-electron chi connectivity index (χ0n) is 19.8. The number of fused-ring (bicyclic) bond motifs is 1. The molecule has 1 fully saturated rings. The average Bonchev–Trinajstić information content (AvgIpc) is 3.07. The van der Waals surface area contributed by atoms with Crippen LogP contribution in [0.3, 0.4) is 0 Å². The molecule has 0 radical (unpaired) electrons. The van der Waals surface area contributed by atoms with Gasteiger partial charge in [0, 0.05) is 25.2 Å². The number of carbonyl (C=O) groups is 2. The summed E-state index contributed by atoms with van der Waals surface area (Å²) in [4.78, 5) is 39.7. The standard InChI is InChI=1S/C23H24N4O8S2/c1-34-19-9-7-16(37(32,33)26-10-4-2-3-5-11-26)13-17(19)22(29)35-14-21(28)25-23-24-18-8-6-15(27(30)31)12-20(18)36-23/h6-9,12-13H,2-5,10-11,14H2,1H3,(H,24,25,28). The number of hydrogen-bond acceptors (Lipinski definition) is 10. The van der Waals surface area contributed by atoms with Crippen molar-refractivity contribution in [3.63, 3.8) is 0 Å². The fraction of sp³-hybridized carbons (Fsp3) is 0.348. The number of carbonyl (C=O) groups excluding carboxylic acids is 2. The number of hydrogen-bond donors (Lipinski definition) is 1. The first-order valence-electron chi connectivity index (χ1n) is 11.4. The molecule has 0 atom stereocenters. The van der Waals surface area contributed by atoms with Crippen LogP contribution >= 0.6 is 11.3 Å². The third-order valence-corrected chi connectivity index (χ3v) is 8.59. The fourth-order valence-electron chi connectivity index (χ4n) is 3.88. The van der Waals surface area contributed by atoms with E-state index in [1.165, 1.54) is 47.8 Å². The van der Waals surface area contributed by atoms with Gasteiger partial charge in [0.15, 0.2) is 11.7 Å². The Balaban J connectivity index is 1.44. The molecule has 0 spiro atoms. The number of ether oxygens (including phenoxy) is 2. The topological polar surface area (TPSA) is 158 Å². The van der Waals surface area contributed by atoms with Crippen LogP contribution < -0.4 is 10.1 Å². The largest absolute Gasteiger partial charge is 0.496 e. The third-order valence-electron chi connectivity index (χ3n) is 5.76. The summed E-state index contributed by atoms with van der Waals surface area (Å²) in [5.74, 6) is -1.51. The van der Waals surface area contributed by atoms with Crippen LogP contribution in [-0.4, -0.2) is 61.3 Å². The predicted octanol–water partition coefficient (Wildman–Crippen LogP) is 3.57. The molecule has 0 unspecified atom stereocenters. The molecule has 2 aromatic carbocycles. The molecule has 1 aliphatic heterocycles. The van der Waals surface area contributed by atoms with Crippen LogP contribution in [0, 0.1) is 10.1 Å². The molecular weight excluding hydrogens is 524 g/mol. The number of rotatable bonds is 8. The summed E-state index contributed by atoms with van der Waals surface area (Å²) in [6, 6.07) is 8.08. The Bertz CT molecular complexity index is 1450. The summed E-state index contributed by atoms with van der Waals surface area (Å²) < 4.78 is 38.5. The molecule has 12 nitrogen and oxygen atoms in total. The molecule has 1 aromatic heterocycles. The van der Waals surface area contributed by atoms with Crippen LogP contribution in [0.15, 0.2) is 41.3 Å². The van der Waals surface area contributed by atoms with Crippen molar-refractivity contribution in [2.45, 2.75) is 30.6 Å². The zero-order chi connectivity index (χ0) is 26.6. The first-order valence-corrected chi connectivity index (χ1v) is 13.6. The van der Waals surface area contributed by atoms with Crippen LogP contribution in [0.25, 0.3) is 10.2 Å². The van der Waals surface area contributed by atoms with Crippen LogP contribution in [0.4, 0.5) is 10.8 Å². The second-order valence-electron chi connectivity index (χ2n) is 8.23. The molecule has 1 saturated heterocycles. The maximum Gasteiger partial charge on any atom is 0.342 e. The lowest BCUT2D eigenvalue weighted by atomic mass is 10.2. The van der Waals surface area contributed by atoms with Gasteiger partial charge in [0.1, 0.15) is 11.3 Å². The van der Waals surface area contributed by atoms with Crippen molar-refractivity contribution in [2.24, 2.45) is 0 Å². The van der Waals surface area contributed by atoms with E-state index < -0.39 is 33.4 Å². The number of non-ortho nitro benzene ring substituents is 1. The van der Waals surface area contributed by atoms with Gasteiger partial charge in [0.25, 0.3) is 11.6 Å². The molecule has 37 heavy (non-hydrogen) atoms. The molecule has 2 heterocycles. The van der Waals surface area contributed by atoms with E-state index in [0.717, 1.165) is 37.0 Å². The van der Waals surface area contributed by atoms with Crippen molar-refractivity contribution in [2.75, 3.05) is 32.1 Å². The van der Waals surface area contributed by atoms with Crippen molar-refractivity contribution < 1.29 is 32.4 Å². The van der Waals surface area contributed by atoms with Crippen LogP contribution in [0.5, 0.6) is 5.75 Å². The molecule has 1 amide bonds. The smallest absolute Gasteiger partial charge is 0.342 e. The Morgan fingerprint density at radius 3 is 2.54 bits per heavy atom. The predicted molar refractivity (Wildman–Crippen MR) is 135 cm³/mol. The molecule has 0 saturated carbocycles. The highest BCUT2D eigenvalue weighted by atomic mass is 32.2. The van der Waals surface area contributed by atoms with Gasteiger partial charge in [-0.25, -0.2) is 18.2 Å². The Hall–Kier alpha value is -3.62. The van der Waals surface area contributed by atoms with E-state index in [1.54, 1.807) is 0 Å². The highest BCUT2D eigenvalue weighted by Crippen LogP contribution is 2.29. The molecule has 0 bridgehead atoms. The van der Waals surface area contributed by atoms with E-state index in [1.807, 2.05) is 0 Å². The number of nitrogens with zero attached hydrogens (tertiary/aromatic N) is 3. The molecule has 196 valence electrons. The van der Waals surface area contributed by atoms with E-state index in [2.05, 4.69) is 10.3 Å². The minimum absolute atomic E-state index is 0.0600. The van der Waals surface area contributed by atoms with Crippen LogP contribution in [0.2, 0.25) is 0 Å². The molecule has 1 N–H and O–H groups in total. The van der Waals surface area contributed by atoms with E-state index in [0.29, 0.717) is 23.3 Å². The normalized spacial score (nSPS) is 14.6. The number of anilines is 1. The SMILES string of the molecule is COc1ccc(S(=O)(=O)N2CCCCCC2)cc1C(=O)OCC(=O)Nc1nc2ccc([N+](=O)[O-])cc2s1. The molecule has 14 heteroatoms. The summed E-state index contributed by atoms with van der Waals surface area (Å²) in [7, 11) is -2.49. The lowest BCUT2D eigenvalue weighted by Crippen LogP contribution is -2.32. The Morgan fingerprint density at radius 2 is 1.86 bits per heavy atom. The first-order chi connectivity index (χ1) is 17.7. The maximum atomic E-state index is 13.1. The summed E-state index contributed by atoms with van der Waals surface area (Å²) >= 11 is 1.03. The van der Waals surface area contributed by atoms with Crippen molar-refractivity contribution in [1.82, 2.24) is 9.29 Å². The van der Waals surface area contributed by atoms with Crippen LogP contribution in [0.1, 0.15) is 36.0 Å². The number of nitro benzene ring substituents is 1. The number of sulfonamides is 1. The number of aromatic nitrogens is 1. The molecule has 3 aromatic rings. The Morgan fingerprint density at radius 1 is 1.14 bits per heavy atom. The monoisotopic (exact) mass is 548 g/mol. The zero-order valence-corrected chi connectivity index (χ0v) is 21.5. The minimum atomic E-state index is -3.82. The minimum Gasteiger partial charge on any atom is -0.496 e. The molecule has 4 rings (SSSR count). The van der Waals surface area contributed by atoms with Gasteiger partial charge in [-0.15, -0.1) is 0 Å². The fourth-order valence-corrected chi connectivity index (χ4v) is 6.34. The van der Waals surface area contributed by atoms with Gasteiger partial charge in [-0.05, 0) is 37.1 Å². The van der Waals surface area contributed by atoms with Crippen molar-refractivity contribution in [3.05, 3.63) is 52.1 Å². The number of nitrogens with one attached hydrogen (secondary N) is 1. The van der Waals surface area contributed by atoms with Gasteiger partial charge in [-0.1, -0.05) is 24.2 Å². The summed E-state index contributed by atoms with van der Waals surface area (Å²) in [6.07, 6.45) is 3.46. The quantitative estimate of drug-likeness (QED) is 0.252. The van der Waals surface area contributed by atoms with Gasteiger partial charge in [-0.2, -0.15) is 4.31 Å². The lowest BCUT2D eigenvalue weighted by Gasteiger charge is -2.20. The van der Waals surface area contributed by atoms with E-state index in [-0.39, 0.29) is 27.0 Å². The molecular formula is C23H24N4O8S2. The van der Waals surface area contributed by atoms with Gasteiger partial charge in [0.2, 0.25) is 10.0 Å². The third kappa shape index (κ3) is 6.03.